The maximum absolute atomic E-state index is 5.89. The average Bonchev–Trinajstić information content (AvgIpc) is 3.12. The third-order valence-corrected chi connectivity index (χ3v) is 4.01. The first-order valence-electron chi connectivity index (χ1n) is 8.00. The summed E-state index contributed by atoms with van der Waals surface area (Å²) in [4.78, 5) is 8.59. The molecule has 124 valence electrons. The molecule has 0 saturated heterocycles. The van der Waals surface area contributed by atoms with Crippen LogP contribution in [0.1, 0.15) is 5.56 Å². The summed E-state index contributed by atoms with van der Waals surface area (Å²) in [5.74, 6) is 2.32. The van der Waals surface area contributed by atoms with Gasteiger partial charge in [-0.2, -0.15) is 0 Å². The van der Waals surface area contributed by atoms with Crippen molar-refractivity contribution in [3.63, 3.8) is 0 Å². The van der Waals surface area contributed by atoms with Crippen molar-refractivity contribution in [3.8, 4) is 17.1 Å². The molecule has 0 bridgehead atoms. The molecule has 0 atom stereocenters. The molecule has 0 aliphatic rings. The van der Waals surface area contributed by atoms with Crippen molar-refractivity contribution in [2.45, 2.75) is 6.54 Å². The Hall–Kier alpha value is -3.34. The van der Waals surface area contributed by atoms with Gasteiger partial charge in [0.15, 0.2) is 0 Å². The topological polar surface area (TPSA) is 60.2 Å². The first kappa shape index (κ1) is 15.2. The van der Waals surface area contributed by atoms with Crippen molar-refractivity contribution in [1.82, 2.24) is 9.97 Å². The van der Waals surface area contributed by atoms with E-state index in [2.05, 4.69) is 27.4 Å². The van der Waals surface area contributed by atoms with Gasteiger partial charge in [0.05, 0.1) is 12.5 Å². The van der Waals surface area contributed by atoms with Gasteiger partial charge in [0, 0.05) is 12.1 Å². The molecule has 0 saturated carbocycles. The van der Waals surface area contributed by atoms with E-state index in [1.54, 1.807) is 7.11 Å². The molecule has 2 aromatic carbocycles. The van der Waals surface area contributed by atoms with Crippen molar-refractivity contribution in [1.29, 1.82) is 0 Å². The fourth-order valence-corrected chi connectivity index (χ4v) is 2.68. The molecule has 0 unspecified atom stereocenters. The maximum Gasteiger partial charge on any atom is 0.231 e. The molecule has 0 amide bonds. The second-order valence-corrected chi connectivity index (χ2v) is 5.62. The van der Waals surface area contributed by atoms with E-state index in [-0.39, 0.29) is 0 Å². The lowest BCUT2D eigenvalue weighted by atomic mass is 10.1. The largest absolute Gasteiger partial charge is 0.497 e. The minimum Gasteiger partial charge on any atom is -0.497 e. The zero-order chi connectivity index (χ0) is 17.1. The number of nitrogens with zero attached hydrogens (tertiary/aromatic N) is 2. The minimum absolute atomic E-state index is 0.566. The quantitative estimate of drug-likeness (QED) is 0.583. The summed E-state index contributed by atoms with van der Waals surface area (Å²) in [6.45, 7) is 0.690. The number of aromatic nitrogens is 2. The maximum atomic E-state index is 5.89. The van der Waals surface area contributed by atoms with Crippen LogP contribution in [0.3, 0.4) is 0 Å². The smallest absolute Gasteiger partial charge is 0.231 e. The number of hydrogen-bond donors (Lipinski definition) is 1. The average molecular weight is 331 g/mol. The van der Waals surface area contributed by atoms with Gasteiger partial charge in [-0.25, -0.2) is 9.97 Å². The zero-order valence-corrected chi connectivity index (χ0v) is 13.8. The second-order valence-electron chi connectivity index (χ2n) is 5.62. The fraction of sp³-hybridized carbons (Fsp3) is 0.100. The predicted molar refractivity (Wildman–Crippen MR) is 97.6 cm³/mol. The van der Waals surface area contributed by atoms with Crippen LogP contribution in [0.5, 0.6) is 5.75 Å². The fourth-order valence-electron chi connectivity index (χ4n) is 2.68. The Kier molecular flexibility index (Phi) is 4.04. The molecule has 5 nitrogen and oxygen atoms in total. The van der Waals surface area contributed by atoms with Gasteiger partial charge in [-0.15, -0.1) is 0 Å². The molecule has 2 heterocycles. The molecular formula is C20H17N3O2. The Labute approximate surface area is 145 Å². The van der Waals surface area contributed by atoms with Gasteiger partial charge in [0.1, 0.15) is 23.7 Å². The normalized spacial score (nSPS) is 10.8. The first-order valence-corrected chi connectivity index (χ1v) is 8.00. The summed E-state index contributed by atoms with van der Waals surface area (Å²) in [7, 11) is 1.65. The molecular weight excluding hydrogens is 314 g/mol. The molecule has 0 aliphatic carbocycles. The highest BCUT2D eigenvalue weighted by Gasteiger charge is 2.12. The monoisotopic (exact) mass is 331 g/mol. The van der Waals surface area contributed by atoms with Gasteiger partial charge in [-0.05, 0) is 35.9 Å². The summed E-state index contributed by atoms with van der Waals surface area (Å²) < 4.78 is 11.1. The third-order valence-electron chi connectivity index (χ3n) is 4.01. The van der Waals surface area contributed by atoms with Crippen LogP contribution in [0.25, 0.3) is 22.4 Å². The van der Waals surface area contributed by atoms with E-state index in [0.29, 0.717) is 12.3 Å². The van der Waals surface area contributed by atoms with Crippen LogP contribution in [0.2, 0.25) is 0 Å². The SMILES string of the molecule is COc1ccc(-c2cc3c(NCc4ccccc4)ncnc3o2)cc1. The zero-order valence-electron chi connectivity index (χ0n) is 13.8. The number of methoxy groups -OCH3 is 1. The van der Waals surface area contributed by atoms with Crippen LogP contribution in [0.15, 0.2) is 71.4 Å². The Morgan fingerprint density at radius 2 is 1.80 bits per heavy atom. The molecule has 25 heavy (non-hydrogen) atoms. The van der Waals surface area contributed by atoms with Crippen molar-refractivity contribution in [2.75, 3.05) is 12.4 Å². The van der Waals surface area contributed by atoms with Crippen LogP contribution in [0, 0.1) is 0 Å². The van der Waals surface area contributed by atoms with Crippen molar-refractivity contribution in [2.24, 2.45) is 0 Å². The van der Waals surface area contributed by atoms with Crippen LogP contribution in [-0.2, 0) is 6.54 Å². The van der Waals surface area contributed by atoms with Gasteiger partial charge >= 0.3 is 0 Å². The number of nitrogens with one attached hydrogen (secondary N) is 1. The molecule has 5 heteroatoms. The number of fused-ring (bicyclic) bond motifs is 1. The molecule has 4 rings (SSSR count). The molecule has 0 aliphatic heterocycles. The number of furan rings is 1. The van der Waals surface area contributed by atoms with Crippen molar-refractivity contribution < 1.29 is 9.15 Å². The Balaban J connectivity index is 1.63. The summed E-state index contributed by atoms with van der Waals surface area (Å²) >= 11 is 0. The second kappa shape index (κ2) is 6.65. The van der Waals surface area contributed by atoms with E-state index in [1.807, 2.05) is 48.5 Å². The standard InChI is InChI=1S/C20H17N3O2/c1-24-16-9-7-15(8-10-16)18-11-17-19(22-13-23-20(17)25-18)21-12-14-5-3-2-4-6-14/h2-11,13H,12H2,1H3,(H,21,22,23). The van der Waals surface area contributed by atoms with E-state index >= 15 is 0 Å². The Morgan fingerprint density at radius 3 is 2.56 bits per heavy atom. The molecule has 2 aromatic heterocycles. The van der Waals surface area contributed by atoms with Crippen LogP contribution < -0.4 is 10.1 Å². The van der Waals surface area contributed by atoms with Crippen molar-refractivity contribution in [3.05, 3.63) is 72.6 Å². The third kappa shape index (κ3) is 3.17. The van der Waals surface area contributed by atoms with Gasteiger partial charge in [0.25, 0.3) is 0 Å². The number of anilines is 1. The van der Waals surface area contributed by atoms with E-state index in [0.717, 1.165) is 28.3 Å². The molecule has 4 aromatic rings. The number of ether oxygens (including phenoxy) is 1. The lowest BCUT2D eigenvalue weighted by Crippen LogP contribution is -2.01. The summed E-state index contributed by atoms with van der Waals surface area (Å²) in [5, 5.41) is 4.22. The minimum atomic E-state index is 0.566. The number of benzene rings is 2. The molecule has 1 N–H and O–H groups in total. The predicted octanol–water partition coefficient (Wildman–Crippen LogP) is 4.51. The molecule has 0 radical (unpaired) electrons. The van der Waals surface area contributed by atoms with Gasteiger partial charge in [-0.3, -0.25) is 0 Å². The molecule has 0 fully saturated rings. The lowest BCUT2D eigenvalue weighted by Gasteiger charge is -2.05. The summed E-state index contributed by atoms with van der Waals surface area (Å²) in [6, 6.07) is 19.9. The van der Waals surface area contributed by atoms with E-state index in [9.17, 15) is 0 Å². The van der Waals surface area contributed by atoms with E-state index < -0.39 is 0 Å². The summed E-state index contributed by atoms with van der Waals surface area (Å²) in [6.07, 6.45) is 1.51. The van der Waals surface area contributed by atoms with Crippen LogP contribution in [-0.4, -0.2) is 17.1 Å². The highest BCUT2D eigenvalue weighted by molar-refractivity contribution is 5.89. The van der Waals surface area contributed by atoms with Crippen LogP contribution >= 0.6 is 0 Å². The Morgan fingerprint density at radius 1 is 1.00 bits per heavy atom. The highest BCUT2D eigenvalue weighted by Crippen LogP contribution is 2.30. The number of hydrogen-bond acceptors (Lipinski definition) is 5. The first-order chi connectivity index (χ1) is 12.3. The molecule has 0 spiro atoms. The Bertz CT molecular complexity index is 979. The summed E-state index contributed by atoms with van der Waals surface area (Å²) in [5.41, 5.74) is 2.72. The van der Waals surface area contributed by atoms with Crippen LogP contribution in [0.4, 0.5) is 5.82 Å². The van der Waals surface area contributed by atoms with Gasteiger partial charge < -0.3 is 14.5 Å². The van der Waals surface area contributed by atoms with Gasteiger partial charge in [-0.1, -0.05) is 30.3 Å². The lowest BCUT2D eigenvalue weighted by molar-refractivity contribution is 0.415. The number of rotatable bonds is 5. The van der Waals surface area contributed by atoms with E-state index in [1.165, 1.54) is 11.9 Å². The van der Waals surface area contributed by atoms with Gasteiger partial charge in [0.2, 0.25) is 5.71 Å². The van der Waals surface area contributed by atoms with E-state index in [4.69, 9.17) is 9.15 Å². The highest BCUT2D eigenvalue weighted by atomic mass is 16.5. The van der Waals surface area contributed by atoms with Crippen molar-refractivity contribution >= 4 is 16.9 Å².